The lowest BCUT2D eigenvalue weighted by Gasteiger charge is -2.37. The van der Waals surface area contributed by atoms with Crippen LogP contribution in [-0.2, 0) is 13.5 Å². The van der Waals surface area contributed by atoms with Gasteiger partial charge in [0.2, 0.25) is 0 Å². The highest BCUT2D eigenvalue weighted by Crippen LogP contribution is 2.39. The Bertz CT molecular complexity index is 1080. The average molecular weight is 481 g/mol. The van der Waals surface area contributed by atoms with Crippen LogP contribution in [0.25, 0.3) is 10.2 Å². The fourth-order valence-electron chi connectivity index (χ4n) is 5.02. The van der Waals surface area contributed by atoms with Gasteiger partial charge in [-0.25, -0.2) is 9.97 Å². The molecule has 2 aliphatic rings. The molecule has 0 radical (unpaired) electrons. The molecular weight excluding hydrogens is 449 g/mol. The van der Waals surface area contributed by atoms with Crippen LogP contribution in [0.1, 0.15) is 43.7 Å². The fourth-order valence-corrected chi connectivity index (χ4v) is 6.04. The van der Waals surface area contributed by atoms with Crippen LogP contribution in [0.2, 0.25) is 0 Å². The van der Waals surface area contributed by atoms with E-state index in [9.17, 15) is 13.2 Å². The summed E-state index contributed by atoms with van der Waals surface area (Å²) in [6.45, 7) is 10.0. The van der Waals surface area contributed by atoms with Crippen molar-refractivity contribution in [3.8, 4) is 0 Å². The normalized spacial score (nSPS) is 22.2. The van der Waals surface area contributed by atoms with Crippen LogP contribution in [0.5, 0.6) is 0 Å². The predicted molar refractivity (Wildman–Crippen MR) is 126 cm³/mol. The number of aromatic nitrogens is 4. The molecule has 0 spiro atoms. The van der Waals surface area contributed by atoms with Gasteiger partial charge in [0.25, 0.3) is 0 Å². The number of hydrogen-bond acceptors (Lipinski definition) is 6. The highest BCUT2D eigenvalue weighted by Gasteiger charge is 2.39. The Morgan fingerprint density at radius 2 is 1.91 bits per heavy atom. The number of piperidine rings is 1. The predicted octanol–water partition coefficient (Wildman–Crippen LogP) is 5.08. The molecule has 1 unspecified atom stereocenters. The highest BCUT2D eigenvalue weighted by atomic mass is 32.1. The number of anilines is 1. The summed E-state index contributed by atoms with van der Waals surface area (Å²) in [6.07, 6.45) is 1.47. The molecule has 0 bridgehead atoms. The first-order valence-electron chi connectivity index (χ1n) is 11.5. The van der Waals surface area contributed by atoms with Crippen molar-refractivity contribution >= 4 is 27.4 Å². The third-order valence-corrected chi connectivity index (χ3v) is 7.66. The van der Waals surface area contributed by atoms with Gasteiger partial charge in [-0.1, -0.05) is 13.8 Å². The van der Waals surface area contributed by atoms with E-state index >= 15 is 0 Å². The standard InChI is InChI=1S/C21H25F3N6S.C2H6/c1-13(15-7-27-28(2)8-15)29-4-3-14-9-30(11-16(14)10-29)19-18-5-17(6-21(22,23)24)31-20(18)26-12-25-19;1-2/h5,7-8,12-14,16H,3-4,6,9-11H2,1-2H3;1-2H3/t13?,14-,16+;/m1./s1. The molecule has 3 atom stereocenters. The Balaban J connectivity index is 0.00000126. The van der Waals surface area contributed by atoms with E-state index in [1.807, 2.05) is 31.8 Å². The summed E-state index contributed by atoms with van der Waals surface area (Å²) in [5, 5.41) is 5.04. The third-order valence-electron chi connectivity index (χ3n) is 6.62. The van der Waals surface area contributed by atoms with Crippen molar-refractivity contribution in [3.63, 3.8) is 0 Å². The van der Waals surface area contributed by atoms with Crippen molar-refractivity contribution in [2.24, 2.45) is 18.9 Å². The molecule has 0 saturated carbocycles. The van der Waals surface area contributed by atoms with Crippen molar-refractivity contribution in [2.45, 2.75) is 45.8 Å². The van der Waals surface area contributed by atoms with E-state index in [0.717, 1.165) is 55.1 Å². The zero-order chi connectivity index (χ0) is 23.8. The molecule has 5 rings (SSSR count). The minimum atomic E-state index is -4.22. The number of alkyl halides is 3. The SMILES string of the molecule is CC.CC(c1cnn(C)c1)N1CC[C@@H]2CN(c3ncnc4sc(CC(F)(F)F)cc34)C[C@@H]2C1. The molecule has 2 fully saturated rings. The minimum Gasteiger partial charge on any atom is -0.355 e. The Kier molecular flexibility index (Phi) is 6.95. The van der Waals surface area contributed by atoms with Crippen LogP contribution in [0.4, 0.5) is 19.0 Å². The molecule has 180 valence electrons. The molecular formula is C23H31F3N6S. The van der Waals surface area contributed by atoms with Crippen LogP contribution in [0, 0.1) is 11.8 Å². The van der Waals surface area contributed by atoms with Crippen molar-refractivity contribution in [2.75, 3.05) is 31.1 Å². The van der Waals surface area contributed by atoms with Crippen molar-refractivity contribution < 1.29 is 13.2 Å². The summed E-state index contributed by atoms with van der Waals surface area (Å²) in [5.41, 5.74) is 1.23. The van der Waals surface area contributed by atoms with Gasteiger partial charge in [-0.3, -0.25) is 9.58 Å². The van der Waals surface area contributed by atoms with Crippen LogP contribution < -0.4 is 4.90 Å². The molecule has 2 saturated heterocycles. The van der Waals surface area contributed by atoms with Crippen LogP contribution in [0.3, 0.4) is 0 Å². The summed E-state index contributed by atoms with van der Waals surface area (Å²) < 4.78 is 40.4. The molecule has 0 N–H and O–H groups in total. The monoisotopic (exact) mass is 480 g/mol. The van der Waals surface area contributed by atoms with Gasteiger partial charge in [0.05, 0.1) is 18.0 Å². The molecule has 6 nitrogen and oxygen atoms in total. The zero-order valence-corrected chi connectivity index (χ0v) is 20.3. The Labute approximate surface area is 196 Å². The molecule has 3 aromatic heterocycles. The van der Waals surface area contributed by atoms with Crippen LogP contribution in [0.15, 0.2) is 24.8 Å². The summed E-state index contributed by atoms with van der Waals surface area (Å²) >= 11 is 1.11. The largest absolute Gasteiger partial charge is 0.393 e. The van der Waals surface area contributed by atoms with Crippen molar-refractivity contribution in [1.29, 1.82) is 0 Å². The Hall–Kier alpha value is -2.20. The molecule has 33 heavy (non-hydrogen) atoms. The van der Waals surface area contributed by atoms with E-state index in [2.05, 4.69) is 38.0 Å². The first-order chi connectivity index (χ1) is 15.8. The second kappa shape index (κ2) is 9.58. The topological polar surface area (TPSA) is 50.1 Å². The van der Waals surface area contributed by atoms with Gasteiger partial charge in [-0.05, 0) is 37.8 Å². The van der Waals surface area contributed by atoms with Crippen LogP contribution >= 0.6 is 11.3 Å². The van der Waals surface area contributed by atoms with Gasteiger partial charge < -0.3 is 4.90 Å². The van der Waals surface area contributed by atoms with E-state index in [-0.39, 0.29) is 4.88 Å². The zero-order valence-electron chi connectivity index (χ0n) is 19.5. The van der Waals surface area contributed by atoms with E-state index in [4.69, 9.17) is 0 Å². The molecule has 0 aromatic carbocycles. The van der Waals surface area contributed by atoms with E-state index in [1.165, 1.54) is 11.9 Å². The molecule has 10 heteroatoms. The summed E-state index contributed by atoms with van der Waals surface area (Å²) in [7, 11) is 1.93. The number of halogens is 3. The maximum absolute atomic E-state index is 12.8. The summed E-state index contributed by atoms with van der Waals surface area (Å²) in [5.74, 6) is 1.87. The first kappa shape index (κ1) is 23.9. The molecule has 0 amide bonds. The van der Waals surface area contributed by atoms with Gasteiger partial charge in [-0.15, -0.1) is 11.3 Å². The number of fused-ring (bicyclic) bond motifs is 2. The fraction of sp³-hybridized carbons (Fsp3) is 0.609. The van der Waals surface area contributed by atoms with Gasteiger partial charge in [-0.2, -0.15) is 18.3 Å². The second-order valence-corrected chi connectivity index (χ2v) is 9.87. The Morgan fingerprint density at radius 1 is 1.15 bits per heavy atom. The van der Waals surface area contributed by atoms with E-state index in [1.54, 1.807) is 6.07 Å². The third kappa shape index (κ3) is 5.16. The number of rotatable bonds is 4. The van der Waals surface area contributed by atoms with E-state index in [0.29, 0.717) is 22.7 Å². The second-order valence-electron chi connectivity index (χ2n) is 8.75. The van der Waals surface area contributed by atoms with E-state index < -0.39 is 12.6 Å². The van der Waals surface area contributed by atoms with Gasteiger partial charge in [0.1, 0.15) is 17.0 Å². The molecule has 0 aliphatic carbocycles. The van der Waals surface area contributed by atoms with Gasteiger partial charge in [0.15, 0.2) is 0 Å². The molecule has 3 aromatic rings. The summed E-state index contributed by atoms with van der Waals surface area (Å²) in [4.78, 5) is 14.4. The number of likely N-dealkylation sites (tertiary alicyclic amines) is 1. The van der Waals surface area contributed by atoms with Crippen molar-refractivity contribution in [1.82, 2.24) is 24.6 Å². The lowest BCUT2D eigenvalue weighted by molar-refractivity contribution is -0.126. The maximum atomic E-state index is 12.8. The number of thiophene rings is 1. The van der Waals surface area contributed by atoms with Crippen molar-refractivity contribution in [3.05, 3.63) is 35.2 Å². The number of aryl methyl sites for hydroxylation is 1. The summed E-state index contributed by atoms with van der Waals surface area (Å²) in [6, 6.07) is 1.94. The molecule has 2 aliphatic heterocycles. The van der Waals surface area contributed by atoms with Crippen LogP contribution in [-0.4, -0.2) is 57.0 Å². The first-order valence-corrected chi connectivity index (χ1v) is 12.4. The Morgan fingerprint density at radius 3 is 2.61 bits per heavy atom. The van der Waals surface area contributed by atoms with Gasteiger partial charge in [0, 0.05) is 49.4 Å². The molecule has 5 heterocycles. The number of nitrogens with zero attached hydrogens (tertiary/aromatic N) is 6. The minimum absolute atomic E-state index is 0.289. The maximum Gasteiger partial charge on any atom is 0.393 e. The lowest BCUT2D eigenvalue weighted by atomic mass is 9.87. The van der Waals surface area contributed by atoms with Gasteiger partial charge >= 0.3 is 6.18 Å². The smallest absolute Gasteiger partial charge is 0.355 e. The number of hydrogen-bond donors (Lipinski definition) is 0. The average Bonchev–Trinajstić information content (AvgIpc) is 3.49. The lowest BCUT2D eigenvalue weighted by Crippen LogP contribution is -2.41. The highest BCUT2D eigenvalue weighted by molar-refractivity contribution is 7.18. The quantitative estimate of drug-likeness (QED) is 0.522.